The van der Waals surface area contributed by atoms with Crippen LogP contribution in [0.25, 0.3) is 11.0 Å². The molecule has 1 saturated carbocycles. The molecule has 1 unspecified atom stereocenters. The molecule has 102 valence electrons. The van der Waals surface area contributed by atoms with E-state index in [1.807, 2.05) is 0 Å². The molecule has 2 aromatic rings. The number of nitrogens with zero attached hydrogens (tertiary/aromatic N) is 2. The van der Waals surface area contributed by atoms with E-state index >= 15 is 0 Å². The number of rotatable bonds is 5. The van der Waals surface area contributed by atoms with E-state index in [0.29, 0.717) is 0 Å². The van der Waals surface area contributed by atoms with Gasteiger partial charge in [0, 0.05) is 19.0 Å². The van der Waals surface area contributed by atoms with E-state index in [0.717, 1.165) is 30.8 Å². The van der Waals surface area contributed by atoms with Gasteiger partial charge in [0.1, 0.15) is 5.82 Å². The van der Waals surface area contributed by atoms with Crippen molar-refractivity contribution in [1.29, 1.82) is 0 Å². The van der Waals surface area contributed by atoms with Crippen LogP contribution in [0.3, 0.4) is 0 Å². The predicted molar refractivity (Wildman–Crippen MR) is 79.2 cm³/mol. The van der Waals surface area contributed by atoms with E-state index in [2.05, 4.69) is 36.6 Å². The molecule has 19 heavy (non-hydrogen) atoms. The zero-order chi connectivity index (χ0) is 13.4. The van der Waals surface area contributed by atoms with Gasteiger partial charge < -0.3 is 10.3 Å². The van der Waals surface area contributed by atoms with Crippen LogP contribution in [0.4, 0.5) is 0 Å². The van der Waals surface area contributed by atoms with E-state index < -0.39 is 0 Å². The fraction of sp³-hybridized carbons (Fsp3) is 0.562. The zero-order valence-electron chi connectivity index (χ0n) is 11.9. The van der Waals surface area contributed by atoms with E-state index in [9.17, 15) is 0 Å². The molecule has 1 aromatic heterocycles. The molecule has 0 bridgehead atoms. The lowest BCUT2D eigenvalue weighted by atomic mass is 10.1. The minimum atomic E-state index is 0.286. The maximum Gasteiger partial charge on any atom is 0.111 e. The standard InChI is InChI=1S/C16H23N3/c1-3-8-19-15-7-4-11(2)9-14(15)18-16(19)10-13(17)12-5-6-12/h4,7,9,12-13H,3,5-6,8,10,17H2,1-2H3. The Hall–Kier alpha value is -1.35. The van der Waals surface area contributed by atoms with Crippen molar-refractivity contribution in [2.45, 2.75) is 52.1 Å². The van der Waals surface area contributed by atoms with Crippen molar-refractivity contribution in [2.75, 3.05) is 0 Å². The summed E-state index contributed by atoms with van der Waals surface area (Å²) >= 11 is 0. The van der Waals surface area contributed by atoms with Gasteiger partial charge >= 0.3 is 0 Å². The van der Waals surface area contributed by atoms with Gasteiger partial charge in [0.15, 0.2) is 0 Å². The molecule has 1 atom stereocenters. The highest BCUT2D eigenvalue weighted by molar-refractivity contribution is 5.76. The summed E-state index contributed by atoms with van der Waals surface area (Å²) in [5.41, 5.74) is 9.92. The first-order valence-electron chi connectivity index (χ1n) is 7.40. The molecule has 1 aromatic carbocycles. The summed E-state index contributed by atoms with van der Waals surface area (Å²) in [7, 11) is 0. The maximum atomic E-state index is 6.27. The van der Waals surface area contributed by atoms with Crippen molar-refractivity contribution in [3.05, 3.63) is 29.6 Å². The molecule has 1 aliphatic carbocycles. The molecule has 2 N–H and O–H groups in total. The molecule has 0 saturated heterocycles. The second kappa shape index (κ2) is 4.97. The van der Waals surface area contributed by atoms with Crippen molar-refractivity contribution in [3.63, 3.8) is 0 Å². The Bertz CT molecular complexity index is 581. The van der Waals surface area contributed by atoms with Gasteiger partial charge in [-0.25, -0.2) is 4.98 Å². The summed E-state index contributed by atoms with van der Waals surface area (Å²) in [6.07, 6.45) is 4.64. The lowest BCUT2D eigenvalue weighted by Crippen LogP contribution is -2.26. The van der Waals surface area contributed by atoms with E-state index in [1.54, 1.807) is 0 Å². The highest BCUT2D eigenvalue weighted by atomic mass is 15.1. The number of nitrogens with two attached hydrogens (primary N) is 1. The Morgan fingerprint density at radius 1 is 1.42 bits per heavy atom. The van der Waals surface area contributed by atoms with Crippen LogP contribution in [-0.2, 0) is 13.0 Å². The fourth-order valence-corrected chi connectivity index (χ4v) is 2.82. The van der Waals surface area contributed by atoms with Crippen LogP contribution in [0.1, 0.15) is 37.6 Å². The van der Waals surface area contributed by atoms with Crippen LogP contribution in [-0.4, -0.2) is 15.6 Å². The summed E-state index contributed by atoms with van der Waals surface area (Å²) in [5.74, 6) is 1.90. The third kappa shape index (κ3) is 2.52. The van der Waals surface area contributed by atoms with Crippen molar-refractivity contribution in [2.24, 2.45) is 11.7 Å². The van der Waals surface area contributed by atoms with Gasteiger partial charge in [0.05, 0.1) is 11.0 Å². The first-order chi connectivity index (χ1) is 9.19. The molecule has 3 rings (SSSR count). The van der Waals surface area contributed by atoms with Crippen LogP contribution >= 0.6 is 0 Å². The number of benzene rings is 1. The smallest absolute Gasteiger partial charge is 0.111 e. The number of fused-ring (bicyclic) bond motifs is 1. The molecular formula is C16H23N3. The van der Waals surface area contributed by atoms with Gasteiger partial charge in [0.25, 0.3) is 0 Å². The van der Waals surface area contributed by atoms with Crippen molar-refractivity contribution < 1.29 is 0 Å². The van der Waals surface area contributed by atoms with Gasteiger partial charge in [-0.1, -0.05) is 13.0 Å². The summed E-state index contributed by atoms with van der Waals surface area (Å²) in [6, 6.07) is 6.82. The van der Waals surface area contributed by atoms with Gasteiger partial charge in [-0.2, -0.15) is 0 Å². The molecule has 0 radical (unpaired) electrons. The lowest BCUT2D eigenvalue weighted by molar-refractivity contribution is 0.549. The van der Waals surface area contributed by atoms with Crippen LogP contribution in [0.2, 0.25) is 0 Å². The Morgan fingerprint density at radius 2 is 2.21 bits per heavy atom. The summed E-state index contributed by atoms with van der Waals surface area (Å²) in [6.45, 7) is 5.37. The lowest BCUT2D eigenvalue weighted by Gasteiger charge is -2.12. The topological polar surface area (TPSA) is 43.8 Å². The average molecular weight is 257 g/mol. The van der Waals surface area contributed by atoms with Crippen LogP contribution in [0.5, 0.6) is 0 Å². The van der Waals surface area contributed by atoms with Crippen LogP contribution in [0, 0.1) is 12.8 Å². The Labute approximate surface area is 114 Å². The normalized spacial score (nSPS) is 17.0. The second-order valence-corrected chi connectivity index (χ2v) is 5.88. The number of aryl methyl sites for hydroxylation is 2. The highest BCUT2D eigenvalue weighted by Crippen LogP contribution is 2.33. The summed E-state index contributed by atoms with van der Waals surface area (Å²) in [5, 5.41) is 0. The number of hydrogen-bond acceptors (Lipinski definition) is 2. The highest BCUT2D eigenvalue weighted by Gasteiger charge is 2.29. The third-order valence-electron chi connectivity index (χ3n) is 4.08. The molecule has 1 fully saturated rings. The molecular weight excluding hydrogens is 234 g/mol. The molecule has 0 amide bonds. The van der Waals surface area contributed by atoms with Gasteiger partial charge in [-0.3, -0.25) is 0 Å². The SMILES string of the molecule is CCCn1c(CC(N)C2CC2)nc2cc(C)ccc21. The van der Waals surface area contributed by atoms with E-state index in [-0.39, 0.29) is 6.04 Å². The van der Waals surface area contributed by atoms with Crippen molar-refractivity contribution >= 4 is 11.0 Å². The zero-order valence-corrected chi connectivity index (χ0v) is 11.9. The van der Waals surface area contributed by atoms with Gasteiger partial charge in [0.2, 0.25) is 0 Å². The first-order valence-corrected chi connectivity index (χ1v) is 7.40. The average Bonchev–Trinajstić information content (AvgIpc) is 3.16. The minimum absolute atomic E-state index is 0.286. The summed E-state index contributed by atoms with van der Waals surface area (Å²) < 4.78 is 2.36. The van der Waals surface area contributed by atoms with Gasteiger partial charge in [-0.05, 0) is 49.8 Å². The molecule has 0 aliphatic heterocycles. The molecule has 3 heteroatoms. The van der Waals surface area contributed by atoms with Crippen LogP contribution < -0.4 is 5.73 Å². The number of hydrogen-bond donors (Lipinski definition) is 1. The van der Waals surface area contributed by atoms with Gasteiger partial charge in [-0.15, -0.1) is 0 Å². The third-order valence-corrected chi connectivity index (χ3v) is 4.08. The number of imidazole rings is 1. The molecule has 0 spiro atoms. The Kier molecular flexibility index (Phi) is 3.31. The molecule has 3 nitrogen and oxygen atoms in total. The monoisotopic (exact) mass is 257 g/mol. The van der Waals surface area contributed by atoms with Crippen LogP contribution in [0.15, 0.2) is 18.2 Å². The first kappa shape index (κ1) is 12.7. The molecule has 1 aliphatic rings. The molecule has 1 heterocycles. The van der Waals surface area contributed by atoms with Crippen molar-refractivity contribution in [1.82, 2.24) is 9.55 Å². The number of aromatic nitrogens is 2. The van der Waals surface area contributed by atoms with E-state index in [4.69, 9.17) is 10.7 Å². The predicted octanol–water partition coefficient (Wildman–Crippen LogP) is 3.03. The maximum absolute atomic E-state index is 6.27. The Balaban J connectivity index is 1.98. The largest absolute Gasteiger partial charge is 0.328 e. The summed E-state index contributed by atoms with van der Waals surface area (Å²) in [4.78, 5) is 4.83. The Morgan fingerprint density at radius 3 is 2.89 bits per heavy atom. The minimum Gasteiger partial charge on any atom is -0.328 e. The second-order valence-electron chi connectivity index (χ2n) is 5.88. The van der Waals surface area contributed by atoms with Crippen molar-refractivity contribution in [3.8, 4) is 0 Å². The van der Waals surface area contributed by atoms with E-state index in [1.165, 1.54) is 29.7 Å². The quantitative estimate of drug-likeness (QED) is 0.894. The fourth-order valence-electron chi connectivity index (χ4n) is 2.82.